The molecule has 0 aliphatic carbocycles. The number of carbonyl (C=O) groups is 2. The molecule has 8 nitrogen and oxygen atoms in total. The maximum atomic E-state index is 12.5. The molecule has 0 spiro atoms. The van der Waals surface area contributed by atoms with Crippen LogP contribution in [0.4, 0.5) is 11.4 Å². The second-order valence-corrected chi connectivity index (χ2v) is 8.44. The normalized spacial score (nSPS) is 15.7. The van der Waals surface area contributed by atoms with E-state index in [4.69, 9.17) is 21.9 Å². The van der Waals surface area contributed by atoms with Crippen molar-refractivity contribution in [2.24, 2.45) is 5.73 Å². The van der Waals surface area contributed by atoms with Crippen LogP contribution in [0.3, 0.4) is 0 Å². The number of carboxylic acids is 1. The van der Waals surface area contributed by atoms with Crippen molar-refractivity contribution >= 4 is 41.1 Å². The number of amides is 1. The summed E-state index contributed by atoms with van der Waals surface area (Å²) in [6, 6.07) is 11.3. The maximum absolute atomic E-state index is 12.5. The number of carbonyl (C=O) groups excluding carboxylic acids is 1. The molecule has 31 heavy (non-hydrogen) atoms. The number of nitrogens with two attached hydrogens (primary N) is 3. The molecule has 1 amide bonds. The first-order valence-corrected chi connectivity index (χ1v) is 10.5. The molecule has 1 heterocycles. The van der Waals surface area contributed by atoms with Crippen LogP contribution >= 0.6 is 11.8 Å². The summed E-state index contributed by atoms with van der Waals surface area (Å²) in [4.78, 5) is 27.0. The number of hydrogen-bond donors (Lipinski definition) is 4. The van der Waals surface area contributed by atoms with Crippen LogP contribution in [0.2, 0.25) is 0 Å². The molecule has 1 aliphatic heterocycles. The average molecular weight is 443 g/mol. The van der Waals surface area contributed by atoms with Crippen molar-refractivity contribution in [1.29, 1.82) is 0 Å². The third kappa shape index (κ3) is 4.95. The lowest BCUT2D eigenvalue weighted by atomic mass is 9.89. The maximum Gasteiger partial charge on any atom is 0.323 e. The average Bonchev–Trinajstić information content (AvgIpc) is 2.77. The molecule has 0 bridgehead atoms. The molecule has 1 aliphatic rings. The number of aliphatic carboxylic acids is 1. The lowest BCUT2D eigenvalue weighted by Gasteiger charge is -2.35. The highest BCUT2D eigenvalue weighted by Gasteiger charge is 2.38. The molecule has 2 aromatic carbocycles. The van der Waals surface area contributed by atoms with Gasteiger partial charge < -0.3 is 31.9 Å². The van der Waals surface area contributed by atoms with Crippen molar-refractivity contribution in [3.8, 4) is 5.75 Å². The first-order chi connectivity index (χ1) is 14.7. The van der Waals surface area contributed by atoms with Gasteiger partial charge in [0.05, 0.1) is 23.4 Å². The van der Waals surface area contributed by atoms with Gasteiger partial charge in [-0.15, -0.1) is 0 Å². The number of piperidine rings is 1. The highest BCUT2D eigenvalue weighted by molar-refractivity contribution is 7.99. The molecule has 2 aromatic rings. The monoisotopic (exact) mass is 442 g/mol. The Labute approximate surface area is 185 Å². The van der Waals surface area contributed by atoms with Gasteiger partial charge in [-0.2, -0.15) is 0 Å². The molecule has 0 radical (unpaired) electrons. The Morgan fingerprint density at radius 3 is 2.42 bits per heavy atom. The zero-order chi connectivity index (χ0) is 22.6. The van der Waals surface area contributed by atoms with E-state index in [2.05, 4.69) is 0 Å². The van der Waals surface area contributed by atoms with Crippen molar-refractivity contribution in [3.63, 3.8) is 0 Å². The fraction of sp³-hybridized carbons (Fsp3) is 0.273. The molecule has 0 aromatic heterocycles. The predicted molar refractivity (Wildman–Crippen MR) is 122 cm³/mol. The van der Waals surface area contributed by atoms with Crippen LogP contribution < -0.4 is 21.9 Å². The number of benzene rings is 2. The van der Waals surface area contributed by atoms with Gasteiger partial charge in [-0.25, -0.2) is 0 Å². The van der Waals surface area contributed by atoms with Crippen molar-refractivity contribution in [3.05, 3.63) is 48.0 Å². The smallest absolute Gasteiger partial charge is 0.323 e. The minimum absolute atomic E-state index is 0.214. The van der Waals surface area contributed by atoms with Crippen molar-refractivity contribution in [2.75, 3.05) is 31.7 Å². The first kappa shape index (κ1) is 22.5. The Morgan fingerprint density at radius 1 is 1.10 bits per heavy atom. The molecule has 0 saturated carbocycles. The number of rotatable bonds is 6. The van der Waals surface area contributed by atoms with E-state index in [1.54, 1.807) is 24.2 Å². The quantitative estimate of drug-likeness (QED) is 0.394. The van der Waals surface area contributed by atoms with Gasteiger partial charge in [-0.05, 0) is 42.7 Å². The SMILES string of the molecule is COc1ccccc1Sc1ccc(/C=C/C(=O)N2CCC(N)(C(=O)O)CC2)c(N)c1N. The van der Waals surface area contributed by atoms with Gasteiger partial charge in [0, 0.05) is 24.1 Å². The van der Waals surface area contributed by atoms with Crippen molar-refractivity contribution in [2.45, 2.75) is 28.2 Å². The number of carboxylic acid groups (broad SMARTS) is 1. The topological polar surface area (TPSA) is 145 Å². The number of hydrogen-bond acceptors (Lipinski definition) is 7. The molecule has 0 unspecified atom stereocenters. The molecule has 1 saturated heterocycles. The number of nitrogen functional groups attached to an aromatic ring is 2. The minimum Gasteiger partial charge on any atom is -0.496 e. The Hall–Kier alpha value is -3.17. The van der Waals surface area contributed by atoms with E-state index < -0.39 is 11.5 Å². The van der Waals surface area contributed by atoms with Gasteiger partial charge in [-0.1, -0.05) is 30.0 Å². The number of methoxy groups -OCH3 is 1. The molecule has 1 fully saturated rings. The lowest BCUT2D eigenvalue weighted by Crippen LogP contribution is -2.56. The summed E-state index contributed by atoms with van der Waals surface area (Å²) >= 11 is 1.45. The van der Waals surface area contributed by atoms with Crippen LogP contribution in [0.1, 0.15) is 18.4 Å². The largest absolute Gasteiger partial charge is 0.496 e. The minimum atomic E-state index is -1.27. The van der Waals surface area contributed by atoms with Crippen LogP contribution in [0, 0.1) is 0 Å². The van der Waals surface area contributed by atoms with Crippen LogP contribution in [-0.2, 0) is 9.59 Å². The lowest BCUT2D eigenvalue weighted by molar-refractivity contribution is -0.146. The third-order valence-electron chi connectivity index (χ3n) is 5.37. The highest BCUT2D eigenvalue weighted by atomic mass is 32.2. The van der Waals surface area contributed by atoms with Gasteiger partial charge in [0.2, 0.25) is 5.91 Å². The molecule has 9 heteroatoms. The van der Waals surface area contributed by atoms with E-state index in [0.29, 0.717) is 16.9 Å². The highest BCUT2D eigenvalue weighted by Crippen LogP contribution is 2.40. The summed E-state index contributed by atoms with van der Waals surface area (Å²) in [5.74, 6) is -0.520. The Morgan fingerprint density at radius 2 is 1.77 bits per heavy atom. The second-order valence-electron chi connectivity index (χ2n) is 7.35. The Balaban J connectivity index is 1.70. The number of likely N-dealkylation sites (tertiary alicyclic amines) is 1. The van der Waals surface area contributed by atoms with Crippen molar-refractivity contribution < 1.29 is 19.4 Å². The summed E-state index contributed by atoms with van der Waals surface area (Å²) in [6.45, 7) is 0.580. The summed E-state index contributed by atoms with van der Waals surface area (Å²) in [5, 5.41) is 9.20. The van der Waals surface area contributed by atoms with Gasteiger partial charge >= 0.3 is 5.97 Å². The predicted octanol–water partition coefficient (Wildman–Crippen LogP) is 2.43. The first-order valence-electron chi connectivity index (χ1n) is 9.73. The molecule has 0 atom stereocenters. The zero-order valence-electron chi connectivity index (χ0n) is 17.2. The van der Waals surface area contributed by atoms with Crippen LogP contribution in [0.25, 0.3) is 6.08 Å². The van der Waals surface area contributed by atoms with Gasteiger partial charge in [0.15, 0.2) is 0 Å². The van der Waals surface area contributed by atoms with Crippen molar-refractivity contribution in [1.82, 2.24) is 4.90 Å². The number of ether oxygens (including phenoxy) is 1. The van der Waals surface area contributed by atoms with E-state index >= 15 is 0 Å². The Kier molecular flexibility index (Phi) is 6.77. The number of anilines is 2. The standard InChI is InChI=1S/C22H26N4O4S/c1-30-15-4-2-3-5-16(15)31-17-8-6-14(19(23)20(17)24)7-9-18(27)26-12-10-22(25,11-13-26)21(28)29/h2-9H,10-13,23-25H2,1H3,(H,28,29)/b9-7+. The number of para-hydroxylation sites is 1. The van der Waals surface area contributed by atoms with E-state index in [0.717, 1.165) is 15.5 Å². The summed E-state index contributed by atoms with van der Waals surface area (Å²) in [6.07, 6.45) is 3.47. The summed E-state index contributed by atoms with van der Waals surface area (Å²) in [5.41, 5.74) is 18.5. The number of nitrogens with zero attached hydrogens (tertiary/aromatic N) is 1. The molecule has 3 rings (SSSR count). The summed E-state index contributed by atoms with van der Waals surface area (Å²) in [7, 11) is 1.61. The van der Waals surface area contributed by atoms with Crippen LogP contribution in [0.15, 0.2) is 52.3 Å². The van der Waals surface area contributed by atoms with Gasteiger partial charge in [0.25, 0.3) is 0 Å². The second kappa shape index (κ2) is 9.32. The van der Waals surface area contributed by atoms with E-state index in [9.17, 15) is 14.7 Å². The summed E-state index contributed by atoms with van der Waals surface area (Å²) < 4.78 is 5.37. The third-order valence-corrected chi connectivity index (χ3v) is 6.50. The zero-order valence-corrected chi connectivity index (χ0v) is 18.0. The fourth-order valence-electron chi connectivity index (χ4n) is 3.30. The van der Waals surface area contributed by atoms with Gasteiger partial charge in [0.1, 0.15) is 11.3 Å². The van der Waals surface area contributed by atoms with E-state index in [-0.39, 0.29) is 31.8 Å². The molecule has 164 valence electrons. The van der Waals surface area contributed by atoms with Crippen LogP contribution in [-0.4, -0.2) is 47.6 Å². The molecule has 7 N–H and O–H groups in total. The molecular formula is C22H26N4O4S. The van der Waals surface area contributed by atoms with Crippen LogP contribution in [0.5, 0.6) is 5.75 Å². The van der Waals surface area contributed by atoms with E-state index in [1.807, 2.05) is 30.3 Å². The molecular weight excluding hydrogens is 416 g/mol. The van der Waals surface area contributed by atoms with Gasteiger partial charge in [-0.3, -0.25) is 9.59 Å². The Bertz CT molecular complexity index is 1020. The van der Waals surface area contributed by atoms with E-state index in [1.165, 1.54) is 17.8 Å². The fourth-order valence-corrected chi connectivity index (χ4v) is 4.29.